The van der Waals surface area contributed by atoms with Gasteiger partial charge in [0.05, 0.1) is 0 Å². The molecule has 5 nitrogen and oxygen atoms in total. The van der Waals surface area contributed by atoms with Crippen LogP contribution in [0, 0.1) is 6.92 Å². The number of primary amides is 1. The van der Waals surface area contributed by atoms with Gasteiger partial charge in [-0.3, -0.25) is 4.79 Å². The Morgan fingerprint density at radius 2 is 2.18 bits per heavy atom. The molecule has 1 heterocycles. The second kappa shape index (κ2) is 2.53. The van der Waals surface area contributed by atoms with Gasteiger partial charge in [-0.2, -0.15) is 0 Å². The van der Waals surface area contributed by atoms with E-state index in [1.54, 1.807) is 6.92 Å². The fourth-order valence-electron chi connectivity index (χ4n) is 0.718. The number of nitrogens with zero attached hydrogens (tertiary/aromatic N) is 2. The lowest BCUT2D eigenvalue weighted by atomic mass is 10.3. The van der Waals surface area contributed by atoms with Crippen molar-refractivity contribution < 1.29 is 4.79 Å². The van der Waals surface area contributed by atoms with Crippen LogP contribution in [0.1, 0.15) is 16.2 Å². The van der Waals surface area contributed by atoms with Crippen molar-refractivity contribution in [3.05, 3.63) is 17.5 Å². The summed E-state index contributed by atoms with van der Waals surface area (Å²) in [6.45, 7) is 1.71. The lowest BCUT2D eigenvalue weighted by Crippen LogP contribution is -2.15. The summed E-state index contributed by atoms with van der Waals surface area (Å²) in [5.41, 5.74) is 11.0. The quantitative estimate of drug-likeness (QED) is 0.565. The average molecular weight is 152 g/mol. The largest absolute Gasteiger partial charge is 0.368 e. The maximum absolute atomic E-state index is 10.6. The van der Waals surface area contributed by atoms with Gasteiger partial charge in [-0.1, -0.05) is 0 Å². The number of nitrogens with two attached hydrogens (primary N) is 2. The molecule has 0 saturated heterocycles. The van der Waals surface area contributed by atoms with Gasteiger partial charge in [0, 0.05) is 5.69 Å². The second-order valence-corrected chi connectivity index (χ2v) is 2.12. The molecule has 58 valence electrons. The molecular weight excluding hydrogens is 144 g/mol. The van der Waals surface area contributed by atoms with E-state index in [1.165, 1.54) is 6.07 Å². The van der Waals surface area contributed by atoms with Crippen LogP contribution in [0.5, 0.6) is 0 Å². The zero-order valence-corrected chi connectivity index (χ0v) is 6.03. The van der Waals surface area contributed by atoms with Crippen LogP contribution in [0.4, 0.5) is 5.95 Å². The summed E-state index contributed by atoms with van der Waals surface area (Å²) in [5.74, 6) is -0.527. The topological polar surface area (TPSA) is 94.9 Å². The van der Waals surface area contributed by atoms with E-state index in [2.05, 4.69) is 9.97 Å². The zero-order valence-electron chi connectivity index (χ0n) is 6.03. The minimum Gasteiger partial charge on any atom is -0.368 e. The van der Waals surface area contributed by atoms with Gasteiger partial charge >= 0.3 is 0 Å². The highest BCUT2D eigenvalue weighted by Gasteiger charge is 2.03. The molecule has 1 aromatic heterocycles. The SMILES string of the molecule is Cc1cc(C(N)=O)nc(N)n1. The van der Waals surface area contributed by atoms with Gasteiger partial charge in [0.1, 0.15) is 5.69 Å². The van der Waals surface area contributed by atoms with Crippen LogP contribution < -0.4 is 11.5 Å². The van der Waals surface area contributed by atoms with Crippen LogP contribution in [0.15, 0.2) is 6.07 Å². The van der Waals surface area contributed by atoms with Crippen molar-refractivity contribution in [2.75, 3.05) is 5.73 Å². The summed E-state index contributed by atoms with van der Waals surface area (Å²) in [5, 5.41) is 0. The molecule has 0 aliphatic heterocycles. The Balaban J connectivity index is 3.19. The monoisotopic (exact) mass is 152 g/mol. The molecule has 1 amide bonds. The molecule has 0 aliphatic carbocycles. The van der Waals surface area contributed by atoms with Crippen LogP contribution in [-0.2, 0) is 0 Å². The van der Waals surface area contributed by atoms with E-state index < -0.39 is 5.91 Å². The Morgan fingerprint density at radius 1 is 1.55 bits per heavy atom. The Morgan fingerprint density at radius 3 is 2.64 bits per heavy atom. The third kappa shape index (κ3) is 1.64. The minimum atomic E-state index is -0.595. The van der Waals surface area contributed by atoms with Crippen LogP contribution in [0.3, 0.4) is 0 Å². The maximum atomic E-state index is 10.6. The van der Waals surface area contributed by atoms with Gasteiger partial charge in [0.15, 0.2) is 0 Å². The van der Waals surface area contributed by atoms with E-state index in [0.29, 0.717) is 5.69 Å². The van der Waals surface area contributed by atoms with Crippen molar-refractivity contribution in [2.45, 2.75) is 6.92 Å². The Hall–Kier alpha value is -1.65. The molecule has 0 spiro atoms. The summed E-state index contributed by atoms with van der Waals surface area (Å²) in [6.07, 6.45) is 0. The van der Waals surface area contributed by atoms with Crippen LogP contribution in [-0.4, -0.2) is 15.9 Å². The fraction of sp³-hybridized carbons (Fsp3) is 0.167. The summed E-state index contributed by atoms with van der Waals surface area (Å²) >= 11 is 0. The van der Waals surface area contributed by atoms with Crippen molar-refractivity contribution in [3.8, 4) is 0 Å². The molecule has 0 unspecified atom stereocenters. The number of aryl methyl sites for hydroxylation is 1. The summed E-state index contributed by atoms with van der Waals surface area (Å²) < 4.78 is 0. The smallest absolute Gasteiger partial charge is 0.267 e. The van der Waals surface area contributed by atoms with Gasteiger partial charge in [-0.25, -0.2) is 9.97 Å². The summed E-state index contributed by atoms with van der Waals surface area (Å²) in [4.78, 5) is 18.0. The molecule has 0 aliphatic rings. The third-order valence-electron chi connectivity index (χ3n) is 1.12. The zero-order chi connectivity index (χ0) is 8.43. The molecule has 1 rings (SSSR count). The van der Waals surface area contributed by atoms with E-state index in [0.717, 1.165) is 0 Å². The first-order chi connectivity index (χ1) is 5.09. The molecule has 11 heavy (non-hydrogen) atoms. The number of amides is 1. The van der Waals surface area contributed by atoms with E-state index >= 15 is 0 Å². The van der Waals surface area contributed by atoms with Crippen molar-refractivity contribution in [1.29, 1.82) is 0 Å². The maximum Gasteiger partial charge on any atom is 0.267 e. The highest BCUT2D eigenvalue weighted by Crippen LogP contribution is 1.99. The third-order valence-corrected chi connectivity index (χ3v) is 1.12. The number of anilines is 1. The standard InChI is InChI=1S/C6H8N4O/c1-3-2-4(5(7)11)10-6(8)9-3/h2H,1H3,(H2,7,11)(H2,8,9,10). The molecule has 5 heteroatoms. The Bertz CT molecular complexity index is 276. The van der Waals surface area contributed by atoms with Gasteiger partial charge in [0.2, 0.25) is 5.95 Å². The number of rotatable bonds is 1. The van der Waals surface area contributed by atoms with Gasteiger partial charge in [0.25, 0.3) is 5.91 Å². The van der Waals surface area contributed by atoms with E-state index in [9.17, 15) is 4.79 Å². The minimum absolute atomic E-state index is 0.0683. The Kier molecular flexibility index (Phi) is 1.72. The normalized spacial score (nSPS) is 9.55. The highest BCUT2D eigenvalue weighted by molar-refractivity contribution is 5.91. The van der Waals surface area contributed by atoms with Crippen LogP contribution in [0.2, 0.25) is 0 Å². The van der Waals surface area contributed by atoms with Gasteiger partial charge < -0.3 is 11.5 Å². The summed E-state index contributed by atoms with van der Waals surface area (Å²) in [7, 11) is 0. The first-order valence-corrected chi connectivity index (χ1v) is 3.00. The second-order valence-electron chi connectivity index (χ2n) is 2.12. The fourth-order valence-corrected chi connectivity index (χ4v) is 0.718. The highest BCUT2D eigenvalue weighted by atomic mass is 16.1. The number of hydrogen-bond acceptors (Lipinski definition) is 4. The number of carbonyl (C=O) groups is 1. The van der Waals surface area contributed by atoms with Gasteiger partial charge in [-0.15, -0.1) is 0 Å². The van der Waals surface area contributed by atoms with Crippen molar-refractivity contribution in [1.82, 2.24) is 9.97 Å². The molecule has 1 aromatic rings. The molecule has 0 atom stereocenters. The molecular formula is C6H8N4O. The number of carbonyl (C=O) groups excluding carboxylic acids is 1. The molecule has 0 radical (unpaired) electrons. The predicted molar refractivity (Wildman–Crippen MR) is 39.7 cm³/mol. The molecule has 0 bridgehead atoms. The van der Waals surface area contributed by atoms with Crippen molar-refractivity contribution in [2.24, 2.45) is 5.73 Å². The van der Waals surface area contributed by atoms with Crippen LogP contribution >= 0.6 is 0 Å². The molecule has 0 fully saturated rings. The summed E-state index contributed by atoms with van der Waals surface area (Å²) in [6, 6.07) is 1.48. The van der Waals surface area contributed by atoms with Gasteiger partial charge in [-0.05, 0) is 13.0 Å². The lowest BCUT2D eigenvalue weighted by molar-refractivity contribution is 0.0995. The first-order valence-electron chi connectivity index (χ1n) is 3.00. The number of hydrogen-bond donors (Lipinski definition) is 2. The van der Waals surface area contributed by atoms with Crippen molar-refractivity contribution in [3.63, 3.8) is 0 Å². The van der Waals surface area contributed by atoms with E-state index in [1.807, 2.05) is 0 Å². The first kappa shape index (κ1) is 7.46. The average Bonchev–Trinajstić information content (AvgIpc) is 1.85. The molecule has 4 N–H and O–H groups in total. The molecule has 0 saturated carbocycles. The molecule has 0 aromatic carbocycles. The predicted octanol–water partition coefficient (Wildman–Crippen LogP) is -0.534. The van der Waals surface area contributed by atoms with E-state index in [4.69, 9.17) is 11.5 Å². The van der Waals surface area contributed by atoms with Crippen molar-refractivity contribution >= 4 is 11.9 Å². The lowest BCUT2D eigenvalue weighted by Gasteiger charge is -1.97. The number of aromatic nitrogens is 2. The number of nitrogen functional groups attached to an aromatic ring is 1. The van der Waals surface area contributed by atoms with E-state index in [-0.39, 0.29) is 11.6 Å². The van der Waals surface area contributed by atoms with Crippen LogP contribution in [0.25, 0.3) is 0 Å². The Labute approximate surface area is 63.4 Å².